The number of carbonyl (C=O) groups excluding carboxylic acids is 1. The summed E-state index contributed by atoms with van der Waals surface area (Å²) in [5, 5.41) is 3.41. The monoisotopic (exact) mass is 264 g/mol. The summed E-state index contributed by atoms with van der Waals surface area (Å²) >= 11 is 0. The van der Waals surface area contributed by atoms with Crippen LogP contribution >= 0.6 is 0 Å². The highest BCUT2D eigenvalue weighted by Gasteiger charge is 2.16. The van der Waals surface area contributed by atoms with Gasteiger partial charge in [-0.3, -0.25) is 0 Å². The predicted molar refractivity (Wildman–Crippen MR) is 73.3 cm³/mol. The molecule has 1 heterocycles. The van der Waals surface area contributed by atoms with Crippen molar-refractivity contribution in [1.82, 2.24) is 5.32 Å². The fourth-order valence-corrected chi connectivity index (χ4v) is 2.26. The molecule has 1 saturated heterocycles. The van der Waals surface area contributed by atoms with Gasteiger partial charge in [-0.15, -0.1) is 0 Å². The number of nitrogens with one attached hydrogen (secondary N) is 1. The summed E-state index contributed by atoms with van der Waals surface area (Å²) in [4.78, 5) is 11.6. The summed E-state index contributed by atoms with van der Waals surface area (Å²) < 4.78 is 10.4. The van der Waals surface area contributed by atoms with Gasteiger partial charge in [-0.25, -0.2) is 4.79 Å². The summed E-state index contributed by atoms with van der Waals surface area (Å²) in [6.07, 6.45) is 3.35. The highest BCUT2D eigenvalue weighted by Crippen LogP contribution is 2.23. The van der Waals surface area contributed by atoms with Crippen LogP contribution in [0.2, 0.25) is 0 Å². The number of nitrogen functional groups attached to an aromatic ring is 1. The molecule has 3 N–H and O–H groups in total. The van der Waals surface area contributed by atoms with Crippen LogP contribution in [0.5, 0.6) is 5.75 Å². The third kappa shape index (κ3) is 3.61. The van der Waals surface area contributed by atoms with Crippen LogP contribution in [0.25, 0.3) is 0 Å². The van der Waals surface area contributed by atoms with E-state index in [2.05, 4.69) is 5.32 Å². The molecule has 1 aliphatic heterocycles. The molecule has 0 amide bonds. The Morgan fingerprint density at radius 1 is 1.53 bits per heavy atom. The van der Waals surface area contributed by atoms with E-state index < -0.39 is 5.97 Å². The highest BCUT2D eigenvalue weighted by atomic mass is 16.5. The van der Waals surface area contributed by atoms with Crippen molar-refractivity contribution in [3.8, 4) is 5.75 Å². The Balaban J connectivity index is 1.96. The molecule has 5 nitrogen and oxygen atoms in total. The quantitative estimate of drug-likeness (QED) is 0.624. The Morgan fingerprint density at radius 2 is 2.37 bits per heavy atom. The van der Waals surface area contributed by atoms with Crippen molar-refractivity contribution in [1.29, 1.82) is 0 Å². The first-order valence-corrected chi connectivity index (χ1v) is 6.54. The molecule has 1 aromatic rings. The lowest BCUT2D eigenvalue weighted by Gasteiger charge is -2.13. The van der Waals surface area contributed by atoms with Crippen molar-refractivity contribution in [3.05, 3.63) is 23.8 Å². The maximum absolute atomic E-state index is 11.6. The zero-order valence-corrected chi connectivity index (χ0v) is 11.1. The van der Waals surface area contributed by atoms with Crippen molar-refractivity contribution in [3.63, 3.8) is 0 Å². The fraction of sp³-hybridized carbons (Fsp3) is 0.500. The molecular formula is C14H20N2O3. The van der Waals surface area contributed by atoms with Crippen molar-refractivity contribution < 1.29 is 14.3 Å². The molecule has 1 fully saturated rings. The molecule has 104 valence electrons. The maximum atomic E-state index is 11.6. The third-order valence-corrected chi connectivity index (χ3v) is 3.30. The Morgan fingerprint density at radius 3 is 3.05 bits per heavy atom. The van der Waals surface area contributed by atoms with E-state index in [1.54, 1.807) is 18.2 Å². The third-order valence-electron chi connectivity index (χ3n) is 3.30. The second kappa shape index (κ2) is 6.43. The number of methoxy groups -OCH3 is 1. The number of anilines is 1. The van der Waals surface area contributed by atoms with Crippen LogP contribution < -0.4 is 15.8 Å². The summed E-state index contributed by atoms with van der Waals surface area (Å²) in [6.45, 7) is 1.66. The number of nitrogens with two attached hydrogens (primary N) is 1. The van der Waals surface area contributed by atoms with Gasteiger partial charge in [0, 0.05) is 11.7 Å². The zero-order chi connectivity index (χ0) is 13.7. The molecule has 1 atom stereocenters. The maximum Gasteiger partial charge on any atom is 0.341 e. The topological polar surface area (TPSA) is 73.6 Å². The Hall–Kier alpha value is -1.75. The number of hydrogen-bond acceptors (Lipinski definition) is 5. The van der Waals surface area contributed by atoms with E-state index in [1.165, 1.54) is 20.0 Å². The molecule has 0 aromatic heterocycles. The van der Waals surface area contributed by atoms with Crippen LogP contribution in [0.4, 0.5) is 5.69 Å². The fourth-order valence-electron chi connectivity index (χ4n) is 2.26. The number of rotatable bonds is 5. The lowest BCUT2D eigenvalue weighted by atomic mass is 10.1. The summed E-state index contributed by atoms with van der Waals surface area (Å²) in [5.41, 5.74) is 6.57. The zero-order valence-electron chi connectivity index (χ0n) is 11.1. The average molecular weight is 264 g/mol. The first kappa shape index (κ1) is 13.7. The number of esters is 1. The van der Waals surface area contributed by atoms with Crippen LogP contribution in [0.15, 0.2) is 18.2 Å². The Labute approximate surface area is 113 Å². The second-order valence-corrected chi connectivity index (χ2v) is 4.68. The number of ether oxygens (including phenoxy) is 2. The highest BCUT2D eigenvalue weighted by molar-refractivity contribution is 5.93. The first-order chi connectivity index (χ1) is 9.20. The molecule has 1 aromatic carbocycles. The standard InChI is InChI=1S/C14H20N2O3/c1-18-14(17)12-9-10(15)4-5-13(12)19-8-6-11-3-2-7-16-11/h4-5,9,11,16H,2-3,6-8,15H2,1H3. The van der Waals surface area contributed by atoms with Crippen molar-refractivity contribution in [2.24, 2.45) is 0 Å². The van der Waals surface area contributed by atoms with Gasteiger partial charge in [-0.05, 0) is 44.0 Å². The Kier molecular flexibility index (Phi) is 4.63. The molecule has 0 saturated carbocycles. The van der Waals surface area contributed by atoms with Crippen molar-refractivity contribution in [2.45, 2.75) is 25.3 Å². The van der Waals surface area contributed by atoms with Gasteiger partial charge in [0.1, 0.15) is 11.3 Å². The van der Waals surface area contributed by atoms with E-state index in [9.17, 15) is 4.79 Å². The first-order valence-electron chi connectivity index (χ1n) is 6.54. The predicted octanol–water partition coefficient (Wildman–Crippen LogP) is 1.58. The minimum absolute atomic E-state index is 0.377. The second-order valence-electron chi connectivity index (χ2n) is 4.68. The van der Waals surface area contributed by atoms with E-state index in [4.69, 9.17) is 15.2 Å². The van der Waals surface area contributed by atoms with Crippen LogP contribution in [0.3, 0.4) is 0 Å². The smallest absolute Gasteiger partial charge is 0.341 e. The van der Waals surface area contributed by atoms with Crippen LogP contribution in [-0.4, -0.2) is 32.3 Å². The molecule has 5 heteroatoms. The lowest BCUT2D eigenvalue weighted by molar-refractivity contribution is 0.0596. The number of carbonyl (C=O) groups is 1. The molecule has 2 rings (SSSR count). The van der Waals surface area contributed by atoms with Crippen molar-refractivity contribution >= 4 is 11.7 Å². The van der Waals surface area contributed by atoms with E-state index >= 15 is 0 Å². The van der Waals surface area contributed by atoms with E-state index in [0.717, 1.165) is 13.0 Å². The largest absolute Gasteiger partial charge is 0.493 e. The van der Waals surface area contributed by atoms with Gasteiger partial charge >= 0.3 is 5.97 Å². The van der Waals surface area contributed by atoms with Gasteiger partial charge in [-0.1, -0.05) is 0 Å². The molecule has 0 aliphatic carbocycles. The van der Waals surface area contributed by atoms with Gasteiger partial charge in [0.25, 0.3) is 0 Å². The van der Waals surface area contributed by atoms with E-state index in [1.807, 2.05) is 0 Å². The van der Waals surface area contributed by atoms with Gasteiger partial charge in [0.2, 0.25) is 0 Å². The van der Waals surface area contributed by atoms with Gasteiger partial charge in [0.15, 0.2) is 0 Å². The van der Waals surface area contributed by atoms with E-state index in [0.29, 0.717) is 29.6 Å². The Bertz CT molecular complexity index is 442. The van der Waals surface area contributed by atoms with Gasteiger partial charge < -0.3 is 20.5 Å². The molecule has 0 spiro atoms. The SMILES string of the molecule is COC(=O)c1cc(N)ccc1OCCC1CCCN1. The summed E-state index contributed by atoms with van der Waals surface area (Å²) in [6, 6.07) is 5.53. The molecule has 0 bridgehead atoms. The number of hydrogen-bond donors (Lipinski definition) is 2. The molecule has 19 heavy (non-hydrogen) atoms. The summed E-state index contributed by atoms with van der Waals surface area (Å²) in [7, 11) is 1.34. The van der Waals surface area contributed by atoms with Crippen LogP contribution in [0.1, 0.15) is 29.6 Å². The number of benzene rings is 1. The molecule has 0 radical (unpaired) electrons. The summed E-state index contributed by atoms with van der Waals surface area (Å²) in [5.74, 6) is 0.0975. The normalized spacial score (nSPS) is 18.3. The lowest BCUT2D eigenvalue weighted by Crippen LogP contribution is -2.23. The van der Waals surface area contributed by atoms with Crippen molar-refractivity contribution in [2.75, 3.05) is 26.0 Å². The van der Waals surface area contributed by atoms with Crippen LogP contribution in [0, 0.1) is 0 Å². The minimum Gasteiger partial charge on any atom is -0.493 e. The average Bonchev–Trinajstić information content (AvgIpc) is 2.92. The molecule has 1 aliphatic rings. The van der Waals surface area contributed by atoms with Crippen LogP contribution in [-0.2, 0) is 4.74 Å². The molecule has 1 unspecified atom stereocenters. The van der Waals surface area contributed by atoms with Gasteiger partial charge in [0.05, 0.1) is 13.7 Å². The van der Waals surface area contributed by atoms with Gasteiger partial charge in [-0.2, -0.15) is 0 Å². The van der Waals surface area contributed by atoms with E-state index in [-0.39, 0.29) is 0 Å². The molecular weight excluding hydrogens is 244 g/mol. The minimum atomic E-state index is -0.429.